The van der Waals surface area contributed by atoms with Crippen molar-refractivity contribution in [2.45, 2.75) is 19.3 Å². The predicted molar refractivity (Wildman–Crippen MR) is 165 cm³/mol. The number of benzene rings is 6. The maximum atomic E-state index is 4.54. The Labute approximate surface area is 228 Å². The van der Waals surface area contributed by atoms with Gasteiger partial charge in [0.1, 0.15) is 0 Å². The van der Waals surface area contributed by atoms with Crippen LogP contribution in [0.3, 0.4) is 0 Å². The largest absolute Gasteiger partial charge is 0.256 e. The summed E-state index contributed by atoms with van der Waals surface area (Å²) < 4.78 is 0. The molecule has 1 aromatic heterocycles. The van der Waals surface area contributed by atoms with E-state index in [1.807, 2.05) is 18.3 Å². The fraction of sp³-hybridized carbons (Fsp3) is 0.0789. The summed E-state index contributed by atoms with van der Waals surface area (Å²) in [7, 11) is 0. The van der Waals surface area contributed by atoms with Crippen molar-refractivity contribution >= 4 is 32.3 Å². The molecule has 0 N–H and O–H groups in total. The number of rotatable bonds is 2. The first kappa shape index (κ1) is 22.3. The van der Waals surface area contributed by atoms with E-state index >= 15 is 0 Å². The zero-order chi connectivity index (χ0) is 26.1. The summed E-state index contributed by atoms with van der Waals surface area (Å²) in [6.07, 6.45) is 1.85. The molecule has 7 aromatic rings. The molecule has 0 bridgehead atoms. The molecule has 0 spiro atoms. The summed E-state index contributed by atoms with van der Waals surface area (Å²) in [5.74, 6) is 0. The van der Waals surface area contributed by atoms with E-state index in [4.69, 9.17) is 0 Å². The molecule has 0 radical (unpaired) electrons. The van der Waals surface area contributed by atoms with E-state index in [0.717, 1.165) is 11.3 Å². The first-order valence-corrected chi connectivity index (χ1v) is 13.7. The summed E-state index contributed by atoms with van der Waals surface area (Å²) >= 11 is 0. The number of pyridine rings is 1. The van der Waals surface area contributed by atoms with Gasteiger partial charge in [-0.2, -0.15) is 0 Å². The van der Waals surface area contributed by atoms with Gasteiger partial charge in [0.2, 0.25) is 0 Å². The maximum Gasteiger partial charge on any atom is 0.0701 e. The number of hydrogen-bond donors (Lipinski definition) is 0. The van der Waals surface area contributed by atoms with Gasteiger partial charge in [0, 0.05) is 17.2 Å². The molecule has 0 saturated heterocycles. The highest BCUT2D eigenvalue weighted by atomic mass is 14.7. The van der Waals surface area contributed by atoms with Crippen LogP contribution in [0, 0.1) is 0 Å². The minimum absolute atomic E-state index is 0.138. The Kier molecular flexibility index (Phi) is 4.63. The normalized spacial score (nSPS) is 13.6. The van der Waals surface area contributed by atoms with Gasteiger partial charge in [-0.25, -0.2) is 0 Å². The van der Waals surface area contributed by atoms with Crippen LogP contribution in [0.15, 0.2) is 128 Å². The molecule has 184 valence electrons. The summed E-state index contributed by atoms with van der Waals surface area (Å²) in [5, 5.41) is 7.98. The average Bonchev–Trinajstić information content (AvgIpc) is 3.24. The highest BCUT2D eigenvalue weighted by Crippen LogP contribution is 2.57. The molecule has 1 aliphatic carbocycles. The van der Waals surface area contributed by atoms with Gasteiger partial charge < -0.3 is 0 Å². The lowest BCUT2D eigenvalue weighted by Crippen LogP contribution is -2.16. The van der Waals surface area contributed by atoms with Gasteiger partial charge in [-0.15, -0.1) is 0 Å². The van der Waals surface area contributed by atoms with Crippen molar-refractivity contribution < 1.29 is 0 Å². The molecule has 1 heterocycles. The molecule has 0 saturated carbocycles. The van der Waals surface area contributed by atoms with Crippen molar-refractivity contribution in [1.29, 1.82) is 0 Å². The Hall–Kier alpha value is -4.75. The third kappa shape index (κ3) is 3.11. The van der Waals surface area contributed by atoms with Crippen molar-refractivity contribution in [2.75, 3.05) is 0 Å². The van der Waals surface area contributed by atoms with Crippen LogP contribution in [0.4, 0.5) is 0 Å². The molecule has 39 heavy (non-hydrogen) atoms. The Bertz CT molecular complexity index is 2070. The molecule has 0 atom stereocenters. The second kappa shape index (κ2) is 8.12. The van der Waals surface area contributed by atoms with Crippen molar-refractivity contribution in [3.63, 3.8) is 0 Å². The van der Waals surface area contributed by atoms with Gasteiger partial charge in [-0.1, -0.05) is 117 Å². The maximum absolute atomic E-state index is 4.54. The van der Waals surface area contributed by atoms with Crippen molar-refractivity contribution in [1.82, 2.24) is 4.98 Å². The first-order chi connectivity index (χ1) is 19.1. The van der Waals surface area contributed by atoms with Crippen molar-refractivity contribution in [3.05, 3.63) is 139 Å². The van der Waals surface area contributed by atoms with Crippen molar-refractivity contribution in [2.24, 2.45) is 0 Å². The molecule has 0 aliphatic heterocycles. The van der Waals surface area contributed by atoms with E-state index in [1.54, 1.807) is 0 Å². The molecule has 0 unspecified atom stereocenters. The molecule has 0 fully saturated rings. The van der Waals surface area contributed by atoms with Gasteiger partial charge in [0.25, 0.3) is 0 Å². The Morgan fingerprint density at radius 2 is 1.03 bits per heavy atom. The topological polar surface area (TPSA) is 12.9 Å². The van der Waals surface area contributed by atoms with Gasteiger partial charge in [-0.3, -0.25) is 4.98 Å². The molecule has 1 heteroatoms. The highest BCUT2D eigenvalue weighted by Gasteiger charge is 2.40. The standard InChI is InChI=1S/C38H27N/c1-38(2)33-23-32(24-18-20-25(21-19-24)34-17-9-10-22-39-34)28-13-4-6-14-29(28)35(33)36-30-15-7-3-11-26(30)27-12-5-8-16-31(27)37(36)38/h3-23H,1-2H3. The van der Waals surface area contributed by atoms with Crippen LogP contribution in [0.5, 0.6) is 0 Å². The Morgan fingerprint density at radius 1 is 0.487 bits per heavy atom. The zero-order valence-electron chi connectivity index (χ0n) is 22.1. The highest BCUT2D eigenvalue weighted by molar-refractivity contribution is 6.22. The number of aromatic nitrogens is 1. The third-order valence-electron chi connectivity index (χ3n) is 8.68. The van der Waals surface area contributed by atoms with E-state index in [1.165, 1.54) is 65.7 Å². The van der Waals surface area contributed by atoms with Gasteiger partial charge >= 0.3 is 0 Å². The predicted octanol–water partition coefficient (Wildman–Crippen LogP) is 10.2. The molecule has 6 aromatic carbocycles. The number of fused-ring (bicyclic) bond motifs is 10. The van der Waals surface area contributed by atoms with Crippen molar-refractivity contribution in [3.8, 4) is 33.5 Å². The van der Waals surface area contributed by atoms with Crippen LogP contribution in [-0.4, -0.2) is 4.98 Å². The second-order valence-corrected chi connectivity index (χ2v) is 11.2. The monoisotopic (exact) mass is 497 g/mol. The zero-order valence-corrected chi connectivity index (χ0v) is 22.1. The third-order valence-corrected chi connectivity index (χ3v) is 8.68. The van der Waals surface area contributed by atoms with Crippen LogP contribution in [0.1, 0.15) is 25.0 Å². The number of nitrogens with zero attached hydrogens (tertiary/aromatic N) is 1. The summed E-state index contributed by atoms with van der Waals surface area (Å²) in [4.78, 5) is 4.54. The lowest BCUT2D eigenvalue weighted by atomic mass is 9.78. The summed E-state index contributed by atoms with van der Waals surface area (Å²) in [5.41, 5.74) is 10.1. The Balaban J connectivity index is 1.45. The molecule has 0 amide bonds. The molecular formula is C38H27N. The van der Waals surface area contributed by atoms with Gasteiger partial charge in [-0.05, 0) is 83.9 Å². The van der Waals surface area contributed by atoms with E-state index < -0.39 is 0 Å². The molecular weight excluding hydrogens is 470 g/mol. The van der Waals surface area contributed by atoms with Gasteiger partial charge in [0.15, 0.2) is 0 Å². The lowest BCUT2D eigenvalue weighted by molar-refractivity contribution is 0.667. The summed E-state index contributed by atoms with van der Waals surface area (Å²) in [6, 6.07) is 44.2. The second-order valence-electron chi connectivity index (χ2n) is 11.2. The fourth-order valence-corrected chi connectivity index (χ4v) is 6.92. The minimum Gasteiger partial charge on any atom is -0.256 e. The van der Waals surface area contributed by atoms with Gasteiger partial charge in [0.05, 0.1) is 5.69 Å². The van der Waals surface area contributed by atoms with E-state index in [0.29, 0.717) is 0 Å². The van der Waals surface area contributed by atoms with Crippen LogP contribution < -0.4 is 0 Å². The quantitative estimate of drug-likeness (QED) is 0.217. The average molecular weight is 498 g/mol. The SMILES string of the molecule is CC1(C)c2cc(-c3ccc(-c4ccccn4)cc3)c3ccccc3c2-c2c1c1ccccc1c1ccccc21. The van der Waals surface area contributed by atoms with Crippen LogP contribution in [0.2, 0.25) is 0 Å². The first-order valence-electron chi connectivity index (χ1n) is 13.7. The van der Waals surface area contributed by atoms with E-state index in [9.17, 15) is 0 Å². The molecule has 1 nitrogen and oxygen atoms in total. The smallest absolute Gasteiger partial charge is 0.0701 e. The van der Waals surface area contributed by atoms with E-state index in [2.05, 4.69) is 128 Å². The summed E-state index contributed by atoms with van der Waals surface area (Å²) in [6.45, 7) is 4.81. The Morgan fingerprint density at radius 3 is 1.69 bits per heavy atom. The molecule has 8 rings (SSSR count). The minimum atomic E-state index is -0.138. The van der Waals surface area contributed by atoms with Crippen LogP contribution >= 0.6 is 0 Å². The van der Waals surface area contributed by atoms with Crippen LogP contribution in [0.25, 0.3) is 65.8 Å². The lowest BCUT2D eigenvalue weighted by Gasteiger charge is -2.24. The number of hydrogen-bond acceptors (Lipinski definition) is 1. The van der Waals surface area contributed by atoms with Crippen LogP contribution in [-0.2, 0) is 5.41 Å². The van der Waals surface area contributed by atoms with E-state index in [-0.39, 0.29) is 5.41 Å². The molecule has 1 aliphatic rings. The fourth-order valence-electron chi connectivity index (χ4n) is 6.92.